The van der Waals surface area contributed by atoms with Crippen LogP contribution in [0.3, 0.4) is 0 Å². The summed E-state index contributed by atoms with van der Waals surface area (Å²) in [5.74, 6) is 0.657. The Morgan fingerprint density at radius 1 is 1.40 bits per heavy atom. The molecule has 1 fully saturated rings. The van der Waals surface area contributed by atoms with Crippen molar-refractivity contribution in [2.45, 2.75) is 39.2 Å². The van der Waals surface area contributed by atoms with Crippen molar-refractivity contribution in [3.05, 3.63) is 35.4 Å². The number of carbonyl (C=O) groups is 1. The Morgan fingerprint density at radius 3 is 2.70 bits per heavy atom. The number of aryl methyl sites for hydroxylation is 1. The highest BCUT2D eigenvalue weighted by molar-refractivity contribution is 5.96. The molecule has 1 saturated heterocycles. The Balaban J connectivity index is 1.77. The lowest BCUT2D eigenvalue weighted by Crippen LogP contribution is -2.38. The first-order valence-corrected chi connectivity index (χ1v) is 7.56. The smallest absolute Gasteiger partial charge is 0.164 e. The van der Waals surface area contributed by atoms with Gasteiger partial charge in [-0.05, 0) is 51.8 Å². The zero-order chi connectivity index (χ0) is 14.5. The molecule has 1 atom stereocenters. The van der Waals surface area contributed by atoms with Gasteiger partial charge in [0.1, 0.15) is 0 Å². The normalized spacial score (nSPS) is 18.9. The molecule has 1 aliphatic heterocycles. The van der Waals surface area contributed by atoms with Crippen LogP contribution in [0.15, 0.2) is 24.3 Å². The fourth-order valence-electron chi connectivity index (χ4n) is 2.88. The van der Waals surface area contributed by atoms with Crippen LogP contribution in [0.4, 0.5) is 0 Å². The fraction of sp³-hybridized carbons (Fsp3) is 0.588. The Morgan fingerprint density at radius 2 is 2.10 bits per heavy atom. The van der Waals surface area contributed by atoms with Gasteiger partial charge in [0.05, 0.1) is 6.10 Å². The lowest BCUT2D eigenvalue weighted by atomic mass is 9.92. The monoisotopic (exact) mass is 275 g/mol. The van der Waals surface area contributed by atoms with Gasteiger partial charge in [0, 0.05) is 18.5 Å². The van der Waals surface area contributed by atoms with Crippen LogP contribution in [-0.4, -0.2) is 41.5 Å². The third-order valence-corrected chi connectivity index (χ3v) is 4.31. The molecular weight excluding hydrogens is 250 g/mol. The molecule has 3 heteroatoms. The van der Waals surface area contributed by atoms with Crippen LogP contribution in [0.1, 0.15) is 42.1 Å². The predicted octanol–water partition coefficient (Wildman–Crippen LogP) is 2.66. The van der Waals surface area contributed by atoms with Gasteiger partial charge in [-0.25, -0.2) is 0 Å². The molecule has 0 aromatic heterocycles. The molecule has 1 N–H and O–H groups in total. The number of aliphatic hydroxyl groups excluding tert-OH is 1. The van der Waals surface area contributed by atoms with Crippen molar-refractivity contribution in [3.63, 3.8) is 0 Å². The number of nitrogens with zero attached hydrogens (tertiary/aromatic N) is 1. The van der Waals surface area contributed by atoms with Gasteiger partial charge in [0.2, 0.25) is 0 Å². The molecule has 1 aromatic carbocycles. The van der Waals surface area contributed by atoms with Crippen LogP contribution < -0.4 is 0 Å². The van der Waals surface area contributed by atoms with Gasteiger partial charge in [-0.1, -0.05) is 23.8 Å². The highest BCUT2D eigenvalue weighted by Crippen LogP contribution is 2.20. The number of hydrogen-bond donors (Lipinski definition) is 1. The molecule has 0 saturated carbocycles. The standard InChI is InChI=1S/C17H25NO2/c1-13-4-3-5-16(12-13)17(20)8-11-18-9-6-15(7-10-18)14(2)19/h3-5,12,14-15,19H,6-11H2,1-2H3. The SMILES string of the molecule is Cc1cccc(C(=O)CCN2CCC(C(C)O)CC2)c1. The van der Waals surface area contributed by atoms with Crippen LogP contribution in [-0.2, 0) is 0 Å². The quantitative estimate of drug-likeness (QED) is 0.840. The van der Waals surface area contributed by atoms with Crippen LogP contribution in [0.25, 0.3) is 0 Å². The Labute approximate surface area is 121 Å². The van der Waals surface area contributed by atoms with E-state index in [1.807, 2.05) is 38.1 Å². The molecule has 1 unspecified atom stereocenters. The zero-order valence-corrected chi connectivity index (χ0v) is 12.5. The van der Waals surface area contributed by atoms with Crippen molar-refractivity contribution in [2.75, 3.05) is 19.6 Å². The highest BCUT2D eigenvalue weighted by atomic mass is 16.3. The number of likely N-dealkylation sites (tertiary alicyclic amines) is 1. The maximum Gasteiger partial charge on any atom is 0.164 e. The van der Waals surface area contributed by atoms with Gasteiger partial charge in [-0.2, -0.15) is 0 Å². The summed E-state index contributed by atoms with van der Waals surface area (Å²) in [6.45, 7) is 6.71. The van der Waals surface area contributed by atoms with Gasteiger partial charge in [0.15, 0.2) is 5.78 Å². The average molecular weight is 275 g/mol. The van der Waals surface area contributed by atoms with Crippen molar-refractivity contribution in [2.24, 2.45) is 5.92 Å². The first-order valence-electron chi connectivity index (χ1n) is 7.56. The molecule has 1 heterocycles. The van der Waals surface area contributed by atoms with E-state index < -0.39 is 0 Å². The van der Waals surface area contributed by atoms with Crippen molar-refractivity contribution < 1.29 is 9.90 Å². The summed E-state index contributed by atoms with van der Waals surface area (Å²) >= 11 is 0. The van der Waals surface area contributed by atoms with E-state index in [4.69, 9.17) is 0 Å². The summed E-state index contributed by atoms with van der Waals surface area (Å²) < 4.78 is 0. The Bertz CT molecular complexity index is 448. The fourth-order valence-corrected chi connectivity index (χ4v) is 2.88. The number of hydrogen-bond acceptors (Lipinski definition) is 3. The van der Waals surface area contributed by atoms with E-state index in [2.05, 4.69) is 4.90 Å². The maximum atomic E-state index is 12.1. The van der Waals surface area contributed by atoms with Crippen molar-refractivity contribution in [1.29, 1.82) is 0 Å². The van der Waals surface area contributed by atoms with Gasteiger partial charge < -0.3 is 10.0 Å². The van der Waals surface area contributed by atoms with Crippen molar-refractivity contribution in [3.8, 4) is 0 Å². The summed E-state index contributed by atoms with van der Waals surface area (Å²) in [4.78, 5) is 14.5. The number of ketones is 1. The third-order valence-electron chi connectivity index (χ3n) is 4.31. The number of piperidine rings is 1. The molecule has 0 aliphatic carbocycles. The molecule has 0 amide bonds. The number of rotatable bonds is 5. The van der Waals surface area contributed by atoms with E-state index >= 15 is 0 Å². The summed E-state index contributed by atoms with van der Waals surface area (Å²) in [5.41, 5.74) is 1.96. The minimum atomic E-state index is -0.203. The van der Waals surface area contributed by atoms with Crippen LogP contribution in [0, 0.1) is 12.8 Å². The van der Waals surface area contributed by atoms with Crippen molar-refractivity contribution >= 4 is 5.78 Å². The number of carbonyl (C=O) groups excluding carboxylic acids is 1. The van der Waals surface area contributed by atoms with Crippen LogP contribution in [0.5, 0.6) is 0 Å². The molecule has 2 rings (SSSR count). The minimum absolute atomic E-state index is 0.203. The maximum absolute atomic E-state index is 12.1. The highest BCUT2D eigenvalue weighted by Gasteiger charge is 2.22. The molecule has 3 nitrogen and oxygen atoms in total. The van der Waals surface area contributed by atoms with E-state index in [0.29, 0.717) is 12.3 Å². The number of aliphatic hydroxyl groups is 1. The van der Waals surface area contributed by atoms with E-state index in [1.54, 1.807) is 0 Å². The van der Waals surface area contributed by atoms with Crippen molar-refractivity contribution in [1.82, 2.24) is 4.90 Å². The van der Waals surface area contributed by atoms with Gasteiger partial charge in [-0.3, -0.25) is 4.79 Å². The molecular formula is C17H25NO2. The van der Waals surface area contributed by atoms with E-state index in [-0.39, 0.29) is 11.9 Å². The Hall–Kier alpha value is -1.19. The summed E-state index contributed by atoms with van der Waals surface area (Å²) in [7, 11) is 0. The van der Waals surface area contributed by atoms with Gasteiger partial charge in [-0.15, -0.1) is 0 Å². The largest absolute Gasteiger partial charge is 0.393 e. The van der Waals surface area contributed by atoms with E-state index in [1.165, 1.54) is 0 Å². The topological polar surface area (TPSA) is 40.5 Å². The number of benzene rings is 1. The Kier molecular flexibility index (Phi) is 5.32. The van der Waals surface area contributed by atoms with Crippen LogP contribution >= 0.6 is 0 Å². The van der Waals surface area contributed by atoms with Gasteiger partial charge in [0.25, 0.3) is 0 Å². The molecule has 20 heavy (non-hydrogen) atoms. The third kappa shape index (κ3) is 4.15. The van der Waals surface area contributed by atoms with E-state index in [0.717, 1.165) is 43.6 Å². The second kappa shape index (κ2) is 7.00. The molecule has 0 radical (unpaired) electrons. The average Bonchev–Trinajstić information content (AvgIpc) is 2.45. The lowest BCUT2D eigenvalue weighted by molar-refractivity contribution is 0.0693. The summed E-state index contributed by atoms with van der Waals surface area (Å²) in [5, 5.41) is 9.58. The predicted molar refractivity (Wildman–Crippen MR) is 81.0 cm³/mol. The summed E-state index contributed by atoms with van der Waals surface area (Å²) in [6.07, 6.45) is 2.46. The zero-order valence-electron chi connectivity index (χ0n) is 12.5. The van der Waals surface area contributed by atoms with Crippen LogP contribution in [0.2, 0.25) is 0 Å². The first-order chi connectivity index (χ1) is 9.56. The minimum Gasteiger partial charge on any atom is -0.393 e. The summed E-state index contributed by atoms with van der Waals surface area (Å²) in [6, 6.07) is 7.81. The molecule has 1 aliphatic rings. The second-order valence-electron chi connectivity index (χ2n) is 5.96. The first kappa shape index (κ1) is 15.2. The molecule has 0 bridgehead atoms. The molecule has 110 valence electrons. The number of Topliss-reactive ketones (excluding diaryl/α,β-unsaturated/α-hetero) is 1. The molecule has 0 spiro atoms. The van der Waals surface area contributed by atoms with Gasteiger partial charge >= 0.3 is 0 Å². The lowest BCUT2D eigenvalue weighted by Gasteiger charge is -2.33. The molecule has 1 aromatic rings. The van der Waals surface area contributed by atoms with E-state index in [9.17, 15) is 9.90 Å². The second-order valence-corrected chi connectivity index (χ2v) is 5.96.